The maximum atomic E-state index is 6.34. The fourth-order valence-electron chi connectivity index (χ4n) is 2.07. The summed E-state index contributed by atoms with van der Waals surface area (Å²) in [6.45, 7) is 5.48. The standard InChI is InChI=1S/C18H19Cl2NO2/c1-3-8-21-11-14-9-16(20)18(17(10-14)22-2)23-12-13-4-6-15(19)7-5-13/h3-7,9-10,21H,1,8,11-12H2,2H3. The Morgan fingerprint density at radius 1 is 1.13 bits per heavy atom. The number of hydrogen-bond acceptors (Lipinski definition) is 3. The average molecular weight is 352 g/mol. The van der Waals surface area contributed by atoms with Crippen molar-refractivity contribution < 1.29 is 9.47 Å². The van der Waals surface area contributed by atoms with Crippen molar-refractivity contribution in [3.05, 3.63) is 70.2 Å². The highest BCUT2D eigenvalue weighted by Crippen LogP contribution is 2.37. The van der Waals surface area contributed by atoms with Crippen LogP contribution in [0.1, 0.15) is 11.1 Å². The molecule has 2 aromatic carbocycles. The van der Waals surface area contributed by atoms with Crippen molar-refractivity contribution in [3.63, 3.8) is 0 Å². The largest absolute Gasteiger partial charge is 0.493 e. The molecule has 23 heavy (non-hydrogen) atoms. The molecule has 0 unspecified atom stereocenters. The number of halogens is 2. The highest BCUT2D eigenvalue weighted by molar-refractivity contribution is 6.32. The molecule has 5 heteroatoms. The van der Waals surface area contributed by atoms with Crippen LogP contribution in [0.4, 0.5) is 0 Å². The van der Waals surface area contributed by atoms with Gasteiger partial charge in [0.1, 0.15) is 6.61 Å². The van der Waals surface area contributed by atoms with E-state index in [1.54, 1.807) is 7.11 Å². The molecular weight excluding hydrogens is 333 g/mol. The van der Waals surface area contributed by atoms with E-state index in [-0.39, 0.29) is 0 Å². The summed E-state index contributed by atoms with van der Waals surface area (Å²) in [6.07, 6.45) is 1.81. The molecule has 0 heterocycles. The highest BCUT2D eigenvalue weighted by atomic mass is 35.5. The lowest BCUT2D eigenvalue weighted by atomic mass is 10.2. The molecule has 2 rings (SSSR count). The molecule has 0 fully saturated rings. The predicted molar refractivity (Wildman–Crippen MR) is 95.7 cm³/mol. The van der Waals surface area contributed by atoms with Crippen LogP contribution in [0.15, 0.2) is 49.1 Å². The molecular formula is C18H19Cl2NO2. The lowest BCUT2D eigenvalue weighted by Gasteiger charge is -2.14. The van der Waals surface area contributed by atoms with Gasteiger partial charge >= 0.3 is 0 Å². The highest BCUT2D eigenvalue weighted by Gasteiger charge is 2.12. The third-order valence-corrected chi connectivity index (χ3v) is 3.74. The smallest absolute Gasteiger partial charge is 0.180 e. The molecule has 0 aliphatic carbocycles. The number of hydrogen-bond donors (Lipinski definition) is 1. The molecule has 3 nitrogen and oxygen atoms in total. The number of methoxy groups -OCH3 is 1. The Bertz CT molecular complexity index is 657. The van der Waals surface area contributed by atoms with Crippen LogP contribution in [-0.2, 0) is 13.2 Å². The van der Waals surface area contributed by atoms with Crippen LogP contribution < -0.4 is 14.8 Å². The van der Waals surface area contributed by atoms with Crippen LogP contribution in [0.2, 0.25) is 10.0 Å². The van der Waals surface area contributed by atoms with E-state index in [0.717, 1.165) is 17.7 Å². The van der Waals surface area contributed by atoms with E-state index in [4.69, 9.17) is 32.7 Å². The topological polar surface area (TPSA) is 30.5 Å². The number of nitrogens with one attached hydrogen (secondary N) is 1. The van der Waals surface area contributed by atoms with Crippen molar-refractivity contribution in [1.29, 1.82) is 0 Å². The number of rotatable bonds is 8. The number of benzene rings is 2. The zero-order chi connectivity index (χ0) is 16.7. The second-order valence-corrected chi connectivity index (χ2v) is 5.79. The molecule has 0 saturated carbocycles. The van der Waals surface area contributed by atoms with E-state index in [9.17, 15) is 0 Å². The zero-order valence-corrected chi connectivity index (χ0v) is 14.5. The molecule has 122 valence electrons. The third kappa shape index (κ3) is 5.17. The summed E-state index contributed by atoms with van der Waals surface area (Å²) in [4.78, 5) is 0. The summed E-state index contributed by atoms with van der Waals surface area (Å²) in [5.41, 5.74) is 2.02. The van der Waals surface area contributed by atoms with Crippen molar-refractivity contribution in [2.24, 2.45) is 0 Å². The van der Waals surface area contributed by atoms with E-state index >= 15 is 0 Å². The lowest BCUT2D eigenvalue weighted by Crippen LogP contribution is -2.12. The Labute approximate surface area is 146 Å². The monoisotopic (exact) mass is 351 g/mol. The second kappa shape index (κ2) is 8.82. The summed E-state index contributed by atoms with van der Waals surface area (Å²) in [7, 11) is 1.60. The van der Waals surface area contributed by atoms with Crippen molar-refractivity contribution in [2.75, 3.05) is 13.7 Å². The molecule has 0 spiro atoms. The van der Waals surface area contributed by atoms with Crippen molar-refractivity contribution in [2.45, 2.75) is 13.2 Å². The first-order chi connectivity index (χ1) is 11.1. The van der Waals surface area contributed by atoms with E-state index in [0.29, 0.717) is 34.7 Å². The van der Waals surface area contributed by atoms with Gasteiger partial charge in [-0.2, -0.15) is 0 Å². The van der Waals surface area contributed by atoms with Crippen LogP contribution in [0.5, 0.6) is 11.5 Å². The summed E-state index contributed by atoms with van der Waals surface area (Å²) in [5.74, 6) is 1.15. The summed E-state index contributed by atoms with van der Waals surface area (Å²) in [5, 5.41) is 4.44. The van der Waals surface area contributed by atoms with Gasteiger partial charge in [-0.3, -0.25) is 0 Å². The molecule has 1 N–H and O–H groups in total. The third-order valence-electron chi connectivity index (χ3n) is 3.20. The predicted octanol–water partition coefficient (Wildman–Crippen LogP) is 4.86. The van der Waals surface area contributed by atoms with Crippen LogP contribution in [0.25, 0.3) is 0 Å². The first-order valence-corrected chi connectivity index (χ1v) is 7.95. The molecule has 0 radical (unpaired) electrons. The lowest BCUT2D eigenvalue weighted by molar-refractivity contribution is 0.284. The van der Waals surface area contributed by atoms with Gasteiger partial charge in [-0.1, -0.05) is 41.4 Å². The Hall–Kier alpha value is -1.68. The minimum Gasteiger partial charge on any atom is -0.493 e. The normalized spacial score (nSPS) is 10.4. The molecule has 0 aliphatic rings. The molecule has 0 atom stereocenters. The summed E-state index contributed by atoms with van der Waals surface area (Å²) in [6, 6.07) is 11.3. The van der Waals surface area contributed by atoms with Gasteiger partial charge in [-0.15, -0.1) is 6.58 Å². The van der Waals surface area contributed by atoms with Crippen molar-refractivity contribution in [3.8, 4) is 11.5 Å². The minimum absolute atomic E-state index is 0.390. The molecule has 0 saturated heterocycles. The van der Waals surface area contributed by atoms with Gasteiger partial charge in [0.05, 0.1) is 12.1 Å². The Morgan fingerprint density at radius 2 is 1.87 bits per heavy atom. The van der Waals surface area contributed by atoms with Gasteiger partial charge in [0, 0.05) is 18.1 Å². The quantitative estimate of drug-likeness (QED) is 0.544. The summed E-state index contributed by atoms with van der Waals surface area (Å²) < 4.78 is 11.2. The molecule has 0 aromatic heterocycles. The van der Waals surface area contributed by atoms with E-state index in [1.807, 2.05) is 42.5 Å². The molecule has 0 aliphatic heterocycles. The zero-order valence-electron chi connectivity index (χ0n) is 12.9. The maximum Gasteiger partial charge on any atom is 0.180 e. The van der Waals surface area contributed by atoms with Crippen molar-refractivity contribution in [1.82, 2.24) is 5.32 Å². The van der Waals surface area contributed by atoms with Crippen LogP contribution in [-0.4, -0.2) is 13.7 Å². The minimum atomic E-state index is 0.390. The Kier molecular flexibility index (Phi) is 6.78. The average Bonchev–Trinajstić information content (AvgIpc) is 2.55. The Morgan fingerprint density at radius 3 is 2.52 bits per heavy atom. The fourth-order valence-corrected chi connectivity index (χ4v) is 2.48. The van der Waals surface area contributed by atoms with Gasteiger partial charge in [0.2, 0.25) is 0 Å². The van der Waals surface area contributed by atoms with Crippen molar-refractivity contribution >= 4 is 23.2 Å². The van der Waals surface area contributed by atoms with Crippen LogP contribution in [0.3, 0.4) is 0 Å². The molecule has 0 bridgehead atoms. The molecule has 2 aromatic rings. The van der Waals surface area contributed by atoms with Crippen LogP contribution >= 0.6 is 23.2 Å². The first kappa shape index (κ1) is 17.7. The van der Waals surface area contributed by atoms with Crippen LogP contribution in [0, 0.1) is 0 Å². The Balaban J connectivity index is 2.10. The second-order valence-electron chi connectivity index (χ2n) is 4.94. The van der Waals surface area contributed by atoms with Gasteiger partial charge in [0.25, 0.3) is 0 Å². The van der Waals surface area contributed by atoms with Gasteiger partial charge in [0.15, 0.2) is 11.5 Å². The van der Waals surface area contributed by atoms with Gasteiger partial charge in [-0.25, -0.2) is 0 Å². The SMILES string of the molecule is C=CCNCc1cc(Cl)c(OCc2ccc(Cl)cc2)c(OC)c1. The van der Waals surface area contributed by atoms with Gasteiger partial charge < -0.3 is 14.8 Å². The first-order valence-electron chi connectivity index (χ1n) is 7.19. The van der Waals surface area contributed by atoms with E-state index in [2.05, 4.69) is 11.9 Å². The summed E-state index contributed by atoms with van der Waals surface area (Å²) >= 11 is 12.2. The van der Waals surface area contributed by atoms with Gasteiger partial charge in [-0.05, 0) is 35.4 Å². The van der Waals surface area contributed by atoms with E-state index in [1.165, 1.54) is 0 Å². The molecule has 0 amide bonds. The maximum absolute atomic E-state index is 6.34. The fraction of sp³-hybridized carbons (Fsp3) is 0.222. The number of ether oxygens (including phenoxy) is 2. The van der Waals surface area contributed by atoms with E-state index < -0.39 is 0 Å².